The lowest BCUT2D eigenvalue weighted by molar-refractivity contribution is -0.124. The predicted octanol–water partition coefficient (Wildman–Crippen LogP) is 4.25. The maximum absolute atomic E-state index is 12.3. The van der Waals surface area contributed by atoms with Crippen LogP contribution >= 0.6 is 34.5 Å². The van der Waals surface area contributed by atoms with E-state index in [-0.39, 0.29) is 11.5 Å². The third-order valence-corrected chi connectivity index (χ3v) is 5.56. The molecule has 0 aliphatic carbocycles. The van der Waals surface area contributed by atoms with Crippen LogP contribution in [-0.4, -0.2) is 24.5 Å². The molecule has 25 heavy (non-hydrogen) atoms. The smallest absolute Gasteiger partial charge is 0.254 e. The molecule has 5 nitrogen and oxygen atoms in total. The Bertz CT molecular complexity index is 845. The fourth-order valence-electron chi connectivity index (χ4n) is 2.86. The van der Waals surface area contributed by atoms with Crippen molar-refractivity contribution in [1.82, 2.24) is 0 Å². The van der Waals surface area contributed by atoms with Gasteiger partial charge >= 0.3 is 0 Å². The molecule has 1 aliphatic rings. The minimum absolute atomic E-state index is 0.248. The summed E-state index contributed by atoms with van der Waals surface area (Å²) in [4.78, 5) is 25.2. The molecule has 2 amide bonds. The monoisotopic (exact) mass is 398 g/mol. The van der Waals surface area contributed by atoms with Crippen LogP contribution in [0.1, 0.15) is 28.1 Å². The van der Waals surface area contributed by atoms with E-state index in [0.717, 1.165) is 11.3 Å². The third-order valence-electron chi connectivity index (χ3n) is 3.99. The summed E-state index contributed by atoms with van der Waals surface area (Å²) in [5.74, 6) is -0.900. The zero-order valence-corrected chi connectivity index (χ0v) is 15.7. The van der Waals surface area contributed by atoms with Crippen LogP contribution in [0.3, 0.4) is 0 Å². The van der Waals surface area contributed by atoms with Gasteiger partial charge in [-0.25, -0.2) is 0 Å². The first kappa shape index (κ1) is 18.2. The summed E-state index contributed by atoms with van der Waals surface area (Å²) in [6, 6.07) is 5.03. The number of carbonyl (C=O) groups excluding carboxylic acids is 2. The summed E-state index contributed by atoms with van der Waals surface area (Å²) in [6.07, 6.45) is 1.01. The van der Waals surface area contributed by atoms with Gasteiger partial charge in [0, 0.05) is 32.7 Å². The molecular weight excluding hydrogens is 383 g/mol. The standard InChI is InChI=1S/C17H16Cl2N2O3S/c1-8-13(10-5-4-9(18)7-11(10)19)14(15(20)22)17(25-8)21-16(23)12-3-2-6-24-12/h4-5,7,12H,2-3,6H2,1H3,(H2,20,22)(H,21,23)/t12-/m1/s1. The first-order chi connectivity index (χ1) is 11.9. The van der Waals surface area contributed by atoms with E-state index in [2.05, 4.69) is 5.32 Å². The van der Waals surface area contributed by atoms with Crippen LogP contribution in [-0.2, 0) is 9.53 Å². The van der Waals surface area contributed by atoms with E-state index in [1.807, 2.05) is 6.92 Å². The molecule has 3 rings (SSSR count). The molecule has 1 atom stereocenters. The number of ether oxygens (including phenoxy) is 1. The maximum Gasteiger partial charge on any atom is 0.254 e. The van der Waals surface area contributed by atoms with E-state index in [9.17, 15) is 9.59 Å². The average Bonchev–Trinajstić information content (AvgIpc) is 3.15. The molecule has 0 radical (unpaired) electrons. The number of nitrogens with two attached hydrogens (primary N) is 1. The largest absolute Gasteiger partial charge is 0.368 e. The molecule has 0 unspecified atom stereocenters. The van der Waals surface area contributed by atoms with Gasteiger partial charge in [0.1, 0.15) is 11.1 Å². The van der Waals surface area contributed by atoms with Crippen LogP contribution in [0, 0.1) is 6.92 Å². The lowest BCUT2D eigenvalue weighted by Gasteiger charge is -2.11. The molecule has 1 fully saturated rings. The van der Waals surface area contributed by atoms with Gasteiger partial charge in [-0.15, -0.1) is 11.3 Å². The Labute approximate surface area is 159 Å². The molecule has 2 heterocycles. The number of primary amides is 1. The van der Waals surface area contributed by atoms with Gasteiger partial charge in [-0.05, 0) is 31.9 Å². The highest BCUT2D eigenvalue weighted by atomic mass is 35.5. The third kappa shape index (κ3) is 3.67. The number of rotatable bonds is 4. The SMILES string of the molecule is Cc1sc(NC(=O)[C@H]2CCCO2)c(C(N)=O)c1-c1ccc(Cl)cc1Cl. The van der Waals surface area contributed by atoms with E-state index < -0.39 is 12.0 Å². The van der Waals surface area contributed by atoms with Gasteiger partial charge in [-0.1, -0.05) is 29.3 Å². The van der Waals surface area contributed by atoms with E-state index in [4.69, 9.17) is 33.7 Å². The quantitative estimate of drug-likeness (QED) is 0.807. The fourth-order valence-corrected chi connectivity index (χ4v) is 4.44. The highest BCUT2D eigenvalue weighted by Crippen LogP contribution is 2.42. The molecule has 1 aromatic carbocycles. The molecule has 1 aliphatic heterocycles. The number of benzene rings is 1. The van der Waals surface area contributed by atoms with Gasteiger partial charge in [0.2, 0.25) is 0 Å². The Balaban J connectivity index is 2.03. The molecular formula is C17H16Cl2N2O3S. The second-order valence-corrected chi connectivity index (χ2v) is 7.79. The molecule has 0 bridgehead atoms. The van der Waals surface area contributed by atoms with Crippen LogP contribution in [0.4, 0.5) is 5.00 Å². The summed E-state index contributed by atoms with van der Waals surface area (Å²) in [7, 11) is 0. The Morgan fingerprint density at radius 1 is 1.36 bits per heavy atom. The molecule has 132 valence electrons. The predicted molar refractivity (Wildman–Crippen MR) is 101 cm³/mol. The number of halogens is 2. The second kappa shape index (κ2) is 7.33. The number of anilines is 1. The number of hydrogen-bond donors (Lipinski definition) is 2. The second-order valence-electron chi connectivity index (χ2n) is 5.72. The van der Waals surface area contributed by atoms with Crippen LogP contribution in [0.15, 0.2) is 18.2 Å². The lowest BCUT2D eigenvalue weighted by Crippen LogP contribution is -2.27. The van der Waals surface area contributed by atoms with Gasteiger partial charge < -0.3 is 15.8 Å². The molecule has 8 heteroatoms. The van der Waals surface area contributed by atoms with E-state index in [1.165, 1.54) is 11.3 Å². The van der Waals surface area contributed by atoms with Crippen molar-refractivity contribution in [3.63, 3.8) is 0 Å². The van der Waals surface area contributed by atoms with Crippen molar-refractivity contribution in [2.75, 3.05) is 11.9 Å². The zero-order valence-electron chi connectivity index (χ0n) is 13.4. The van der Waals surface area contributed by atoms with Crippen LogP contribution in [0.25, 0.3) is 11.1 Å². The van der Waals surface area contributed by atoms with Crippen molar-refractivity contribution in [3.8, 4) is 11.1 Å². The first-order valence-corrected chi connectivity index (χ1v) is 9.26. The van der Waals surface area contributed by atoms with Crippen molar-refractivity contribution < 1.29 is 14.3 Å². The highest BCUT2D eigenvalue weighted by molar-refractivity contribution is 7.17. The van der Waals surface area contributed by atoms with Crippen LogP contribution in [0.2, 0.25) is 10.0 Å². The van der Waals surface area contributed by atoms with Gasteiger partial charge in [-0.2, -0.15) is 0 Å². The van der Waals surface area contributed by atoms with E-state index in [1.54, 1.807) is 18.2 Å². The van der Waals surface area contributed by atoms with Crippen molar-refractivity contribution in [1.29, 1.82) is 0 Å². The maximum atomic E-state index is 12.3. The van der Waals surface area contributed by atoms with E-state index in [0.29, 0.717) is 39.2 Å². The Morgan fingerprint density at radius 2 is 2.12 bits per heavy atom. The summed E-state index contributed by atoms with van der Waals surface area (Å²) in [5, 5.41) is 4.09. The lowest BCUT2D eigenvalue weighted by atomic mass is 10.0. The number of nitrogens with one attached hydrogen (secondary N) is 1. The number of hydrogen-bond acceptors (Lipinski definition) is 4. The highest BCUT2D eigenvalue weighted by Gasteiger charge is 2.28. The molecule has 1 saturated heterocycles. The number of amides is 2. The van der Waals surface area contributed by atoms with Crippen molar-refractivity contribution in [2.24, 2.45) is 5.73 Å². The fraction of sp³-hybridized carbons (Fsp3) is 0.294. The zero-order chi connectivity index (χ0) is 18.1. The van der Waals surface area contributed by atoms with Crippen molar-refractivity contribution in [3.05, 3.63) is 38.7 Å². The summed E-state index contributed by atoms with van der Waals surface area (Å²) >= 11 is 13.5. The number of aryl methyl sites for hydroxylation is 1. The first-order valence-electron chi connectivity index (χ1n) is 7.69. The van der Waals surface area contributed by atoms with Crippen LogP contribution < -0.4 is 11.1 Å². The normalized spacial score (nSPS) is 16.8. The number of carbonyl (C=O) groups is 2. The van der Waals surface area contributed by atoms with Gasteiger partial charge in [0.05, 0.1) is 5.56 Å². The molecule has 3 N–H and O–H groups in total. The minimum atomic E-state index is -0.631. The summed E-state index contributed by atoms with van der Waals surface area (Å²) in [6.45, 7) is 2.41. The van der Waals surface area contributed by atoms with Gasteiger partial charge in [-0.3, -0.25) is 9.59 Å². The molecule has 0 saturated carbocycles. The average molecular weight is 399 g/mol. The topological polar surface area (TPSA) is 81.4 Å². The Hall–Kier alpha value is -1.60. The Morgan fingerprint density at radius 3 is 2.72 bits per heavy atom. The van der Waals surface area contributed by atoms with Crippen molar-refractivity contribution in [2.45, 2.75) is 25.9 Å². The summed E-state index contributed by atoms with van der Waals surface area (Å²) < 4.78 is 5.38. The molecule has 2 aromatic rings. The van der Waals surface area contributed by atoms with Crippen molar-refractivity contribution >= 4 is 51.4 Å². The minimum Gasteiger partial charge on any atom is -0.368 e. The molecule has 1 aromatic heterocycles. The summed E-state index contributed by atoms with van der Waals surface area (Å²) in [5.41, 5.74) is 7.10. The van der Waals surface area contributed by atoms with Crippen LogP contribution in [0.5, 0.6) is 0 Å². The van der Waals surface area contributed by atoms with E-state index >= 15 is 0 Å². The number of thiophene rings is 1. The van der Waals surface area contributed by atoms with Gasteiger partial charge in [0.15, 0.2) is 0 Å². The van der Waals surface area contributed by atoms with Gasteiger partial charge in [0.25, 0.3) is 11.8 Å². The Kier molecular flexibility index (Phi) is 5.34. The molecule has 0 spiro atoms.